The van der Waals surface area contributed by atoms with Gasteiger partial charge in [-0.1, -0.05) is 236 Å². The van der Waals surface area contributed by atoms with Crippen LogP contribution >= 0.6 is 68.0 Å². The van der Waals surface area contributed by atoms with Gasteiger partial charge in [0.2, 0.25) is 0 Å². The molecule has 6 aromatic heterocycles. The lowest BCUT2D eigenvalue weighted by atomic mass is 9.98. The minimum atomic E-state index is -0.160. The van der Waals surface area contributed by atoms with E-state index in [0.717, 1.165) is 74.0 Å². The number of nitrogens with zero attached hydrogens (tertiary/aromatic N) is 3. The first-order valence-corrected chi connectivity index (χ1v) is 42.4. The van der Waals surface area contributed by atoms with Crippen molar-refractivity contribution in [2.45, 2.75) is 233 Å². The van der Waals surface area contributed by atoms with Crippen LogP contribution in [0, 0.1) is 40.1 Å². The summed E-state index contributed by atoms with van der Waals surface area (Å²) >= 11 is 11.2. The maximum absolute atomic E-state index is 14.5. The van der Waals surface area contributed by atoms with E-state index >= 15 is 0 Å². The van der Waals surface area contributed by atoms with Crippen molar-refractivity contribution < 1.29 is 14.9 Å². The van der Waals surface area contributed by atoms with Crippen LogP contribution in [-0.4, -0.2) is 11.6 Å². The number of nitrogens with one attached hydrogen (secondary N) is 1. The van der Waals surface area contributed by atoms with Crippen molar-refractivity contribution in [1.82, 2.24) is 0 Å². The van der Waals surface area contributed by atoms with Gasteiger partial charge in [-0.15, -0.1) is 68.0 Å². The number of Topliss-reactive ketones (excluding diaryl/α,β-unsaturated/α-hetero) is 2. The third kappa shape index (κ3) is 17.4. The van der Waals surface area contributed by atoms with Gasteiger partial charge in [0.15, 0.2) is 17.1 Å². The Morgan fingerprint density at radius 2 is 0.720 bits per heavy atom. The second-order valence-electron chi connectivity index (χ2n) is 27.3. The van der Waals surface area contributed by atoms with Crippen LogP contribution < -0.4 is 5.26 Å². The number of thiophene rings is 6. The van der Waals surface area contributed by atoms with Gasteiger partial charge < -0.3 is 0 Å². The molecule has 0 radical (unpaired) electrons. The number of hydrogen-bond donors (Lipinski definition) is 1. The van der Waals surface area contributed by atoms with E-state index in [4.69, 9.17) is 5.26 Å². The largest absolute Gasteiger partial charge is 0.320 e. The molecule has 100 heavy (non-hydrogen) atoms. The van der Waals surface area contributed by atoms with Crippen molar-refractivity contribution in [3.63, 3.8) is 0 Å². The highest BCUT2D eigenvalue weighted by atomic mass is 32.1. The minimum absolute atomic E-state index is 0.0516. The highest BCUT2D eigenvalue weighted by Crippen LogP contribution is 2.56. The predicted molar refractivity (Wildman–Crippen MR) is 430 cm³/mol. The monoisotopic (exact) mass is 1430 g/mol. The number of rotatable bonds is 38. The van der Waals surface area contributed by atoms with Crippen molar-refractivity contribution in [3.05, 3.63) is 172 Å². The Labute approximate surface area is 618 Å². The zero-order valence-corrected chi connectivity index (χ0v) is 64.0. The van der Waals surface area contributed by atoms with Crippen molar-refractivity contribution in [2.24, 2.45) is 0 Å². The van der Waals surface area contributed by atoms with Crippen molar-refractivity contribution >= 4 is 123 Å². The van der Waals surface area contributed by atoms with E-state index in [1.165, 1.54) is 223 Å². The molecule has 0 amide bonds. The number of hydrogen-bond acceptors (Lipinski definition) is 11. The average molecular weight is 1430 g/mol. The van der Waals surface area contributed by atoms with Gasteiger partial charge in [0.1, 0.15) is 23.8 Å². The molecule has 2 aliphatic rings. The summed E-state index contributed by atoms with van der Waals surface area (Å²) in [7, 11) is 0. The molecular formula is C88H95N4O2S6+. The standard InChI is InChI=1S/C88H94N4O2S6/c1-5-9-13-17-19-21-23-25-27-29-37-59-49-65(51-71-79(61(55-89)56-90)67-41-33-35-43-69(67)83(71)93)97-85(59)77-53-73-81(75-47-45-63(95-75)39-31-15-11-7-3)88-74(82(87(73)99-77)76-48-46-64(96-76)40-32-16-12-8-4)54-78(100-88)86-60(38-30-28-26-24-22-20-18-14-10-6-2)50-66(98-86)52-72-80(62(57-91)58-92)68-42-34-36-44-70(68)84(72)94/h33-36,41-54H,5-32,37-40H2,1-4H3/p+1/b71-51-,72-52-. The molecule has 1 N–H and O–H groups in total. The first kappa shape index (κ1) is 73.8. The fourth-order valence-corrected chi connectivity index (χ4v) is 22.1. The average Bonchev–Trinajstić information content (AvgIpc) is 1.56. The molecule has 514 valence electrons. The number of aryl methyl sites for hydroxylation is 4. The number of benzene rings is 3. The summed E-state index contributed by atoms with van der Waals surface area (Å²) in [5.74, 6) is -0.295. The molecule has 0 aliphatic heterocycles. The normalized spacial score (nSPS) is 14.0. The molecule has 0 unspecified atom stereocenters. The molecule has 0 saturated carbocycles. The van der Waals surface area contributed by atoms with Crippen LogP contribution in [0.5, 0.6) is 0 Å². The summed E-state index contributed by atoms with van der Waals surface area (Å²) in [4.78, 5) is 41.1. The van der Waals surface area contributed by atoms with Gasteiger partial charge in [0.05, 0.1) is 0 Å². The van der Waals surface area contributed by atoms with E-state index in [-0.39, 0.29) is 22.7 Å². The van der Waals surface area contributed by atoms with Crippen molar-refractivity contribution in [3.8, 4) is 64.7 Å². The van der Waals surface area contributed by atoms with Gasteiger partial charge in [-0.05, 0) is 134 Å². The SMILES string of the molecule is CCCCCCCCCCCCc1cc(/C=C2\C(=O)c3ccccc3C2=C(C#N)C#N)sc1-c1cc2c(-c3ccc(CCCCCC)s3)c3sc(-c4sc(/C=C5\C(=O)c6ccccc6\C5=C(\C#N)C#[NH+])cc4CCCCCCCCCCCC)cc3c(-c3ccc(CCCCCC)s3)c2s1. The van der Waals surface area contributed by atoms with Gasteiger partial charge in [0, 0.05) is 113 Å². The second kappa shape index (κ2) is 37.0. The molecule has 0 bridgehead atoms. The van der Waals surface area contributed by atoms with Gasteiger partial charge in [-0.3, -0.25) is 9.59 Å². The van der Waals surface area contributed by atoms with E-state index in [9.17, 15) is 25.4 Å². The zero-order chi connectivity index (χ0) is 69.7. The van der Waals surface area contributed by atoms with Gasteiger partial charge in [-0.25, -0.2) is 0 Å². The minimum Gasteiger partial charge on any atom is -0.289 e. The van der Waals surface area contributed by atoms with Crippen LogP contribution in [-0.2, 0) is 25.7 Å². The number of allylic oxidation sites excluding steroid dienone is 6. The summed E-state index contributed by atoms with van der Waals surface area (Å²) in [6.45, 7) is 9.12. The summed E-state index contributed by atoms with van der Waals surface area (Å²) in [5.41, 5.74) is 9.22. The highest BCUT2D eigenvalue weighted by Gasteiger charge is 2.35. The fraction of sp³-hybridized carbons (Fsp3) is 0.409. The molecule has 2 aliphatic carbocycles. The number of fused-ring (bicyclic) bond motifs is 4. The fourth-order valence-electron chi connectivity index (χ4n) is 14.7. The predicted octanol–water partition coefficient (Wildman–Crippen LogP) is 26.6. The van der Waals surface area contributed by atoms with Crippen LogP contribution in [0.2, 0.25) is 0 Å². The van der Waals surface area contributed by atoms with Crippen molar-refractivity contribution in [1.29, 1.82) is 15.8 Å². The number of carbonyl (C=O) groups excluding carboxylic acids is 2. The molecule has 11 rings (SSSR count). The molecule has 3 aromatic carbocycles. The third-order valence-electron chi connectivity index (χ3n) is 20.0. The Bertz CT molecular complexity index is 4300. The maximum atomic E-state index is 14.5. The summed E-state index contributed by atoms with van der Waals surface area (Å²) in [6, 6.07) is 42.9. The summed E-state index contributed by atoms with van der Waals surface area (Å²) in [6.07, 6.45) is 42.5. The first-order chi connectivity index (χ1) is 49.1. The van der Waals surface area contributed by atoms with E-state index in [1.54, 1.807) is 28.7 Å². The molecule has 0 spiro atoms. The molecule has 9 aromatic rings. The number of unbranched alkanes of at least 4 members (excludes halogenated alkanes) is 24. The van der Waals surface area contributed by atoms with Gasteiger partial charge >= 0.3 is 6.07 Å². The Kier molecular flexibility index (Phi) is 27.3. The van der Waals surface area contributed by atoms with E-state index in [0.29, 0.717) is 44.5 Å². The number of nitriles is 3. The van der Waals surface area contributed by atoms with Gasteiger partial charge in [0.25, 0.3) is 0 Å². The quantitative estimate of drug-likeness (QED) is 0.0234. The molecule has 12 heteroatoms. The molecule has 0 fully saturated rings. The third-order valence-corrected chi connectivity index (χ3v) is 27.2. The number of ketones is 2. The van der Waals surface area contributed by atoms with E-state index in [1.807, 2.05) is 100.0 Å². The topological polar surface area (TPSA) is 129 Å². The first-order valence-electron chi connectivity index (χ1n) is 37.5. The Hall–Kier alpha value is -7.36. The lowest BCUT2D eigenvalue weighted by molar-refractivity contribution is -0.0908. The smallest absolute Gasteiger partial charge is 0.289 e. The molecule has 0 saturated heterocycles. The van der Waals surface area contributed by atoms with Crippen LogP contribution in [0.15, 0.2) is 119 Å². The van der Waals surface area contributed by atoms with E-state index < -0.39 is 0 Å². The van der Waals surface area contributed by atoms with Crippen LogP contribution in [0.1, 0.15) is 270 Å². The summed E-state index contributed by atoms with van der Waals surface area (Å²) < 4.78 is 2.55. The lowest BCUT2D eigenvalue weighted by Gasteiger charge is -2.09. The van der Waals surface area contributed by atoms with Crippen molar-refractivity contribution in [2.75, 3.05) is 0 Å². The highest BCUT2D eigenvalue weighted by molar-refractivity contribution is 7.29. The Balaban J connectivity index is 1.08. The number of carbonyl (C=O) groups is 2. The Morgan fingerprint density at radius 3 is 1.09 bits per heavy atom. The van der Waals surface area contributed by atoms with Crippen LogP contribution in [0.4, 0.5) is 0 Å². The van der Waals surface area contributed by atoms with Crippen LogP contribution in [0.3, 0.4) is 0 Å². The Morgan fingerprint density at radius 1 is 0.380 bits per heavy atom. The second-order valence-corrected chi connectivity index (χ2v) is 33.9. The molecule has 6 heterocycles. The molecule has 0 atom stereocenters. The van der Waals surface area contributed by atoms with Crippen LogP contribution in [0.25, 0.3) is 83.9 Å². The lowest BCUT2D eigenvalue weighted by Crippen LogP contribution is -2.17. The van der Waals surface area contributed by atoms with E-state index in [2.05, 4.69) is 101 Å². The zero-order valence-electron chi connectivity index (χ0n) is 59.1. The molecular weight excluding hydrogens is 1340 g/mol. The van der Waals surface area contributed by atoms with Gasteiger partial charge in [-0.2, -0.15) is 15.8 Å². The maximum Gasteiger partial charge on any atom is 0.320 e. The molecule has 6 nitrogen and oxygen atoms in total. The summed E-state index contributed by atoms with van der Waals surface area (Å²) in [5, 5.41) is 41.8.